The minimum absolute atomic E-state index is 0.463. The highest BCUT2D eigenvalue weighted by Crippen LogP contribution is 2.27. The van der Waals surface area contributed by atoms with Crippen molar-refractivity contribution in [2.24, 2.45) is 12.8 Å². The molecule has 3 rings (SSSR count). The molecule has 0 radical (unpaired) electrons. The standard InChI is InChI=1S/C13H13N5/c1-18-7-9(6-14)11-12(16-8-17-13(11)18)10-4-2-3-5-15-10/h2-5,7-8H,6,14H2,1H3. The third-order valence-corrected chi connectivity index (χ3v) is 2.96. The van der Waals surface area contributed by atoms with Crippen molar-refractivity contribution in [3.05, 3.63) is 42.5 Å². The summed E-state index contributed by atoms with van der Waals surface area (Å²) in [5.74, 6) is 0. The highest BCUT2D eigenvalue weighted by Gasteiger charge is 2.14. The van der Waals surface area contributed by atoms with Gasteiger partial charge in [-0.15, -0.1) is 0 Å². The number of nitrogens with zero attached hydrogens (tertiary/aromatic N) is 4. The molecule has 3 heterocycles. The summed E-state index contributed by atoms with van der Waals surface area (Å²) in [6.07, 6.45) is 5.31. The topological polar surface area (TPSA) is 69.6 Å². The molecule has 0 aliphatic carbocycles. The van der Waals surface area contributed by atoms with Gasteiger partial charge in [0.1, 0.15) is 17.7 Å². The first-order valence-electron chi connectivity index (χ1n) is 5.71. The molecule has 5 heteroatoms. The third kappa shape index (κ3) is 1.56. The fourth-order valence-corrected chi connectivity index (χ4v) is 2.15. The zero-order valence-electron chi connectivity index (χ0n) is 10.0. The monoisotopic (exact) mass is 239 g/mol. The van der Waals surface area contributed by atoms with Gasteiger partial charge in [-0.05, 0) is 17.7 Å². The fourth-order valence-electron chi connectivity index (χ4n) is 2.15. The van der Waals surface area contributed by atoms with Gasteiger partial charge in [0.2, 0.25) is 0 Å². The molecular weight excluding hydrogens is 226 g/mol. The van der Waals surface area contributed by atoms with Crippen LogP contribution < -0.4 is 5.73 Å². The molecular formula is C13H13N5. The van der Waals surface area contributed by atoms with Crippen LogP contribution in [0.15, 0.2) is 36.9 Å². The van der Waals surface area contributed by atoms with Gasteiger partial charge in [0.15, 0.2) is 0 Å². The first-order valence-corrected chi connectivity index (χ1v) is 5.71. The second-order valence-corrected chi connectivity index (χ2v) is 4.11. The van der Waals surface area contributed by atoms with Crippen LogP contribution >= 0.6 is 0 Å². The van der Waals surface area contributed by atoms with Crippen molar-refractivity contribution in [1.82, 2.24) is 19.5 Å². The van der Waals surface area contributed by atoms with E-state index in [9.17, 15) is 0 Å². The van der Waals surface area contributed by atoms with E-state index in [4.69, 9.17) is 5.73 Å². The van der Waals surface area contributed by atoms with Gasteiger partial charge in [-0.25, -0.2) is 9.97 Å². The molecule has 0 fully saturated rings. The molecule has 0 aromatic carbocycles. The van der Waals surface area contributed by atoms with Crippen molar-refractivity contribution in [1.29, 1.82) is 0 Å². The van der Waals surface area contributed by atoms with Crippen LogP contribution in [0.1, 0.15) is 5.56 Å². The molecule has 18 heavy (non-hydrogen) atoms. The Labute approximate surface area is 104 Å². The number of nitrogens with two attached hydrogens (primary N) is 1. The van der Waals surface area contributed by atoms with E-state index >= 15 is 0 Å². The molecule has 90 valence electrons. The molecule has 5 nitrogen and oxygen atoms in total. The average molecular weight is 239 g/mol. The maximum absolute atomic E-state index is 5.79. The lowest BCUT2D eigenvalue weighted by molar-refractivity contribution is 0.930. The molecule has 3 aromatic rings. The first-order chi connectivity index (χ1) is 8.81. The zero-order chi connectivity index (χ0) is 12.5. The van der Waals surface area contributed by atoms with Gasteiger partial charge in [-0.2, -0.15) is 0 Å². The van der Waals surface area contributed by atoms with Crippen molar-refractivity contribution in [2.45, 2.75) is 6.54 Å². The lowest BCUT2D eigenvalue weighted by Crippen LogP contribution is -1.97. The molecule has 0 atom stereocenters. The van der Waals surface area contributed by atoms with Gasteiger partial charge in [0, 0.05) is 26.0 Å². The Kier molecular flexibility index (Phi) is 2.53. The largest absolute Gasteiger partial charge is 0.335 e. The van der Waals surface area contributed by atoms with Crippen LogP contribution in [0.3, 0.4) is 0 Å². The van der Waals surface area contributed by atoms with Gasteiger partial charge < -0.3 is 10.3 Å². The summed E-state index contributed by atoms with van der Waals surface area (Å²) in [6.45, 7) is 0.463. The Morgan fingerprint density at radius 3 is 2.83 bits per heavy atom. The fraction of sp³-hybridized carbons (Fsp3) is 0.154. The second kappa shape index (κ2) is 4.19. The summed E-state index contributed by atoms with van der Waals surface area (Å²) in [5.41, 5.74) is 9.38. The summed E-state index contributed by atoms with van der Waals surface area (Å²) < 4.78 is 1.96. The summed E-state index contributed by atoms with van der Waals surface area (Å²) in [6, 6.07) is 5.77. The lowest BCUT2D eigenvalue weighted by Gasteiger charge is -2.03. The zero-order valence-corrected chi connectivity index (χ0v) is 10.0. The van der Waals surface area contributed by atoms with Crippen LogP contribution in [0.5, 0.6) is 0 Å². The molecule has 0 amide bonds. The van der Waals surface area contributed by atoms with Crippen molar-refractivity contribution in [3.63, 3.8) is 0 Å². The Bertz CT molecular complexity index is 687. The maximum Gasteiger partial charge on any atom is 0.144 e. The third-order valence-electron chi connectivity index (χ3n) is 2.96. The number of fused-ring (bicyclic) bond motifs is 1. The minimum atomic E-state index is 0.463. The molecule has 2 N–H and O–H groups in total. The number of aromatic nitrogens is 4. The summed E-state index contributed by atoms with van der Waals surface area (Å²) in [7, 11) is 1.96. The first kappa shape index (κ1) is 10.9. The predicted octanol–water partition coefficient (Wildman–Crippen LogP) is 1.49. The van der Waals surface area contributed by atoms with E-state index in [-0.39, 0.29) is 0 Å². The van der Waals surface area contributed by atoms with Crippen molar-refractivity contribution >= 4 is 11.0 Å². The van der Waals surface area contributed by atoms with Gasteiger partial charge in [0.05, 0.1) is 11.1 Å². The van der Waals surface area contributed by atoms with E-state index in [0.29, 0.717) is 6.54 Å². The van der Waals surface area contributed by atoms with Crippen LogP contribution in [-0.4, -0.2) is 19.5 Å². The van der Waals surface area contributed by atoms with Gasteiger partial charge in [-0.3, -0.25) is 4.98 Å². The van der Waals surface area contributed by atoms with Gasteiger partial charge in [-0.1, -0.05) is 6.07 Å². The molecule has 0 unspecified atom stereocenters. The number of rotatable bonds is 2. The van der Waals surface area contributed by atoms with E-state index in [2.05, 4.69) is 15.0 Å². The maximum atomic E-state index is 5.79. The van der Waals surface area contributed by atoms with Crippen molar-refractivity contribution in [2.75, 3.05) is 0 Å². The lowest BCUT2D eigenvalue weighted by atomic mass is 10.1. The average Bonchev–Trinajstić information content (AvgIpc) is 2.77. The molecule has 0 spiro atoms. The Morgan fingerprint density at radius 1 is 1.22 bits per heavy atom. The van der Waals surface area contributed by atoms with Gasteiger partial charge in [0.25, 0.3) is 0 Å². The van der Waals surface area contributed by atoms with Crippen LogP contribution in [0.2, 0.25) is 0 Å². The van der Waals surface area contributed by atoms with E-state index in [1.165, 1.54) is 0 Å². The quantitative estimate of drug-likeness (QED) is 0.735. The highest BCUT2D eigenvalue weighted by molar-refractivity contribution is 5.92. The van der Waals surface area contributed by atoms with E-state index in [0.717, 1.165) is 28.0 Å². The van der Waals surface area contributed by atoms with Crippen LogP contribution in [-0.2, 0) is 13.6 Å². The SMILES string of the molecule is Cn1cc(CN)c2c(-c3ccccn3)ncnc21. The van der Waals surface area contributed by atoms with Crippen LogP contribution in [0.4, 0.5) is 0 Å². The molecule has 0 aliphatic rings. The van der Waals surface area contributed by atoms with Crippen LogP contribution in [0, 0.1) is 0 Å². The predicted molar refractivity (Wildman–Crippen MR) is 69.6 cm³/mol. The summed E-state index contributed by atoms with van der Waals surface area (Å²) in [4.78, 5) is 13.0. The van der Waals surface area contributed by atoms with Crippen molar-refractivity contribution < 1.29 is 0 Å². The van der Waals surface area contributed by atoms with Crippen molar-refractivity contribution in [3.8, 4) is 11.4 Å². The Hall–Kier alpha value is -2.27. The Balaban J connectivity index is 2.36. The molecule has 0 aliphatic heterocycles. The van der Waals surface area contributed by atoms with E-state index in [1.54, 1.807) is 12.5 Å². The molecule has 0 saturated carbocycles. The number of hydrogen-bond acceptors (Lipinski definition) is 4. The number of aryl methyl sites for hydroxylation is 1. The molecule has 0 bridgehead atoms. The minimum Gasteiger partial charge on any atom is -0.335 e. The Morgan fingerprint density at radius 2 is 2.11 bits per heavy atom. The molecule has 0 saturated heterocycles. The smallest absolute Gasteiger partial charge is 0.144 e. The number of hydrogen-bond donors (Lipinski definition) is 1. The van der Waals surface area contributed by atoms with E-state index < -0.39 is 0 Å². The second-order valence-electron chi connectivity index (χ2n) is 4.11. The molecule has 3 aromatic heterocycles. The summed E-state index contributed by atoms with van der Waals surface area (Å²) in [5, 5.41) is 0.987. The summed E-state index contributed by atoms with van der Waals surface area (Å²) >= 11 is 0. The number of pyridine rings is 1. The highest BCUT2D eigenvalue weighted by atomic mass is 15.0. The van der Waals surface area contributed by atoms with E-state index in [1.807, 2.05) is 36.0 Å². The normalized spacial score (nSPS) is 11.0. The van der Waals surface area contributed by atoms with Crippen LogP contribution in [0.25, 0.3) is 22.4 Å². The van der Waals surface area contributed by atoms with Gasteiger partial charge >= 0.3 is 0 Å².